The second-order valence-electron chi connectivity index (χ2n) is 2.43. The number of rotatable bonds is 8. The molecule has 0 atom stereocenters. The van der Waals surface area contributed by atoms with Gasteiger partial charge in [-0.2, -0.15) is 0 Å². The van der Waals surface area contributed by atoms with E-state index in [1.807, 2.05) is 13.8 Å². The molecule has 0 heterocycles. The van der Waals surface area contributed by atoms with Gasteiger partial charge in [0.2, 0.25) is 0 Å². The smallest absolute Gasteiger partial charge is 0.0607 e. The lowest BCUT2D eigenvalue weighted by molar-refractivity contribution is 0.0831. The topological polar surface area (TPSA) is 47.7 Å². The van der Waals surface area contributed by atoms with Crippen LogP contribution in [-0.4, -0.2) is 44.5 Å². The summed E-state index contributed by atoms with van der Waals surface area (Å²) in [6.45, 7) is 8.36. The van der Waals surface area contributed by atoms with E-state index >= 15 is 0 Å². The second-order valence-corrected chi connectivity index (χ2v) is 2.43. The Balaban J connectivity index is 3.04. The van der Waals surface area contributed by atoms with Crippen molar-refractivity contribution < 1.29 is 9.47 Å². The van der Waals surface area contributed by atoms with E-state index in [9.17, 15) is 0 Å². The minimum Gasteiger partial charge on any atom is -0.380 e. The minimum absolute atomic E-state index is 0.694. The molecule has 0 aromatic rings. The summed E-state index contributed by atoms with van der Waals surface area (Å²) in [4.78, 5) is 0. The lowest BCUT2D eigenvalue weighted by atomic mass is 10.6. The van der Waals surface area contributed by atoms with Gasteiger partial charge < -0.3 is 9.47 Å². The monoisotopic (exact) mass is 176 g/mol. The van der Waals surface area contributed by atoms with Crippen molar-refractivity contribution >= 4 is 0 Å². The number of hydrogen-bond acceptors (Lipinski definition) is 4. The molecule has 12 heavy (non-hydrogen) atoms. The molecule has 0 unspecified atom stereocenters. The highest BCUT2D eigenvalue weighted by Gasteiger charge is 1.96. The van der Waals surface area contributed by atoms with Gasteiger partial charge in [0.05, 0.1) is 13.2 Å². The largest absolute Gasteiger partial charge is 0.380 e. The van der Waals surface area contributed by atoms with E-state index in [1.54, 1.807) is 5.01 Å². The Bertz CT molecular complexity index is 81.1. The van der Waals surface area contributed by atoms with Crippen molar-refractivity contribution in [2.75, 3.05) is 39.5 Å². The van der Waals surface area contributed by atoms with Crippen LogP contribution in [0.4, 0.5) is 0 Å². The van der Waals surface area contributed by atoms with Gasteiger partial charge in [0.1, 0.15) is 0 Å². The highest BCUT2D eigenvalue weighted by atomic mass is 16.5. The van der Waals surface area contributed by atoms with Crippen LogP contribution in [0.1, 0.15) is 13.8 Å². The summed E-state index contributed by atoms with van der Waals surface area (Å²) in [5.41, 5.74) is 0. The zero-order chi connectivity index (χ0) is 9.23. The molecule has 0 aromatic carbocycles. The number of ether oxygens (including phenoxy) is 2. The second kappa shape index (κ2) is 8.93. The van der Waals surface area contributed by atoms with Gasteiger partial charge >= 0.3 is 0 Å². The lowest BCUT2D eigenvalue weighted by Gasteiger charge is -2.15. The van der Waals surface area contributed by atoms with Crippen molar-refractivity contribution in [1.82, 2.24) is 5.01 Å². The van der Waals surface area contributed by atoms with Crippen molar-refractivity contribution in [2.45, 2.75) is 13.8 Å². The van der Waals surface area contributed by atoms with Gasteiger partial charge in [-0.25, -0.2) is 5.01 Å². The fourth-order valence-corrected chi connectivity index (χ4v) is 0.764. The lowest BCUT2D eigenvalue weighted by Crippen LogP contribution is -2.37. The first-order chi connectivity index (χ1) is 5.81. The first kappa shape index (κ1) is 11.8. The average molecular weight is 176 g/mol. The maximum Gasteiger partial charge on any atom is 0.0607 e. The van der Waals surface area contributed by atoms with Crippen molar-refractivity contribution in [2.24, 2.45) is 5.84 Å². The summed E-state index contributed by atoms with van der Waals surface area (Å²) < 4.78 is 10.3. The summed E-state index contributed by atoms with van der Waals surface area (Å²) >= 11 is 0. The summed E-state index contributed by atoms with van der Waals surface area (Å²) in [7, 11) is 0. The summed E-state index contributed by atoms with van der Waals surface area (Å²) in [5.74, 6) is 5.63. The predicted octanol–water partition coefficient (Wildman–Crippen LogP) is 0.235. The van der Waals surface area contributed by atoms with Crippen LogP contribution < -0.4 is 5.84 Å². The fraction of sp³-hybridized carbons (Fsp3) is 1.00. The molecule has 0 aliphatic rings. The molecule has 0 aliphatic carbocycles. The van der Waals surface area contributed by atoms with Crippen molar-refractivity contribution in [1.29, 1.82) is 0 Å². The molecular formula is C8H20N2O2. The minimum atomic E-state index is 0.694. The van der Waals surface area contributed by atoms with Gasteiger partial charge in [-0.1, -0.05) is 0 Å². The molecular weight excluding hydrogens is 156 g/mol. The molecule has 0 fully saturated rings. The zero-order valence-corrected chi connectivity index (χ0v) is 8.08. The third-order valence-corrected chi connectivity index (χ3v) is 1.45. The Morgan fingerprint density at radius 2 is 1.42 bits per heavy atom. The Hall–Kier alpha value is -0.160. The molecule has 0 saturated heterocycles. The van der Waals surface area contributed by atoms with Crippen LogP contribution in [0, 0.1) is 0 Å². The molecule has 0 spiro atoms. The molecule has 0 aliphatic heterocycles. The maximum absolute atomic E-state index is 5.63. The van der Waals surface area contributed by atoms with Crippen LogP contribution in [-0.2, 0) is 9.47 Å². The van der Waals surface area contributed by atoms with Gasteiger partial charge in [-0.3, -0.25) is 5.84 Å². The Morgan fingerprint density at radius 1 is 1.00 bits per heavy atom. The Morgan fingerprint density at radius 3 is 1.75 bits per heavy atom. The highest BCUT2D eigenvalue weighted by molar-refractivity contribution is 4.46. The summed E-state index contributed by atoms with van der Waals surface area (Å²) in [6.07, 6.45) is 0. The van der Waals surface area contributed by atoms with Crippen LogP contribution >= 0.6 is 0 Å². The Labute approximate surface area is 74.6 Å². The van der Waals surface area contributed by atoms with E-state index in [-0.39, 0.29) is 0 Å². The van der Waals surface area contributed by atoms with Crippen molar-refractivity contribution in [3.05, 3.63) is 0 Å². The molecule has 74 valence electrons. The van der Waals surface area contributed by atoms with E-state index in [2.05, 4.69) is 0 Å². The maximum atomic E-state index is 5.63. The molecule has 0 aromatic heterocycles. The molecule has 0 bridgehead atoms. The van der Waals surface area contributed by atoms with Crippen LogP contribution in [0.15, 0.2) is 0 Å². The molecule has 0 amide bonds. The molecule has 0 radical (unpaired) electrons. The fourth-order valence-electron chi connectivity index (χ4n) is 0.764. The van der Waals surface area contributed by atoms with Gasteiger partial charge in [0, 0.05) is 26.3 Å². The van der Waals surface area contributed by atoms with Crippen molar-refractivity contribution in [3.8, 4) is 0 Å². The van der Waals surface area contributed by atoms with Gasteiger partial charge in [-0.15, -0.1) is 0 Å². The van der Waals surface area contributed by atoms with Gasteiger partial charge in [-0.05, 0) is 13.8 Å². The van der Waals surface area contributed by atoms with E-state index in [4.69, 9.17) is 15.3 Å². The molecule has 2 N–H and O–H groups in total. The van der Waals surface area contributed by atoms with E-state index in [0.717, 1.165) is 26.3 Å². The molecule has 4 heteroatoms. The predicted molar refractivity (Wildman–Crippen MR) is 48.7 cm³/mol. The van der Waals surface area contributed by atoms with Crippen LogP contribution in [0.5, 0.6) is 0 Å². The van der Waals surface area contributed by atoms with E-state index < -0.39 is 0 Å². The number of hydrazine groups is 1. The number of nitrogens with zero attached hydrogens (tertiary/aromatic N) is 1. The summed E-state index contributed by atoms with van der Waals surface area (Å²) in [5, 5.41) is 1.71. The van der Waals surface area contributed by atoms with Crippen molar-refractivity contribution in [3.63, 3.8) is 0 Å². The first-order valence-corrected chi connectivity index (χ1v) is 4.46. The van der Waals surface area contributed by atoms with Gasteiger partial charge in [0.15, 0.2) is 0 Å². The number of hydrogen-bond donors (Lipinski definition) is 1. The third kappa shape index (κ3) is 7.94. The van der Waals surface area contributed by atoms with Crippen LogP contribution in [0.2, 0.25) is 0 Å². The SMILES string of the molecule is CCOCCN(N)CCOCC. The standard InChI is InChI=1S/C8H20N2O2/c1-3-11-7-5-10(9)6-8-12-4-2/h3-9H2,1-2H3. The zero-order valence-electron chi connectivity index (χ0n) is 8.08. The molecule has 0 rings (SSSR count). The van der Waals surface area contributed by atoms with Gasteiger partial charge in [0.25, 0.3) is 0 Å². The van der Waals surface area contributed by atoms with Crippen LogP contribution in [0.3, 0.4) is 0 Å². The highest BCUT2D eigenvalue weighted by Crippen LogP contribution is 1.81. The summed E-state index contributed by atoms with van der Waals surface area (Å²) in [6, 6.07) is 0. The first-order valence-electron chi connectivity index (χ1n) is 4.46. The third-order valence-electron chi connectivity index (χ3n) is 1.45. The van der Waals surface area contributed by atoms with E-state index in [1.165, 1.54) is 0 Å². The average Bonchev–Trinajstić information content (AvgIpc) is 2.06. The van der Waals surface area contributed by atoms with Crippen LogP contribution in [0.25, 0.3) is 0 Å². The number of nitrogens with two attached hydrogens (primary N) is 1. The Kier molecular flexibility index (Phi) is 8.81. The van der Waals surface area contributed by atoms with E-state index in [0.29, 0.717) is 13.2 Å². The quantitative estimate of drug-likeness (QED) is 0.327. The molecule has 4 nitrogen and oxygen atoms in total. The normalized spacial score (nSPS) is 11.0. The molecule has 0 saturated carbocycles.